The van der Waals surface area contributed by atoms with Gasteiger partial charge in [0.1, 0.15) is 5.82 Å². The quantitative estimate of drug-likeness (QED) is 0.788. The van der Waals surface area contributed by atoms with Crippen molar-refractivity contribution in [1.82, 2.24) is 9.78 Å². The fourth-order valence-electron chi connectivity index (χ4n) is 2.71. The van der Waals surface area contributed by atoms with Crippen molar-refractivity contribution in [2.24, 2.45) is 7.05 Å². The summed E-state index contributed by atoms with van der Waals surface area (Å²) in [4.78, 5) is 2.38. The van der Waals surface area contributed by atoms with Gasteiger partial charge < -0.3 is 9.64 Å². The molecular weight excluding hydrogens is 250 g/mol. The van der Waals surface area contributed by atoms with Crippen molar-refractivity contribution >= 4 is 17.4 Å². The van der Waals surface area contributed by atoms with Crippen LogP contribution in [0.5, 0.6) is 0 Å². The molecule has 18 heavy (non-hydrogen) atoms. The van der Waals surface area contributed by atoms with Crippen molar-refractivity contribution < 1.29 is 4.74 Å². The van der Waals surface area contributed by atoms with Crippen LogP contribution in [0.1, 0.15) is 31.0 Å². The number of piperidine rings is 1. The lowest BCUT2D eigenvalue weighted by atomic mass is 10.1. The largest absolute Gasteiger partial charge is 0.378 e. The fraction of sp³-hybridized carbons (Fsp3) is 0.769. The number of hydrogen-bond donors (Lipinski definition) is 0. The van der Waals surface area contributed by atoms with Gasteiger partial charge in [0.25, 0.3) is 0 Å². The topological polar surface area (TPSA) is 30.3 Å². The maximum Gasteiger partial charge on any atom is 0.131 e. The molecule has 2 heterocycles. The molecule has 102 valence electrons. The molecule has 0 radical (unpaired) electrons. The molecule has 4 nitrogen and oxygen atoms in total. The Bertz CT molecular complexity index is 397. The molecule has 1 aliphatic rings. The average molecular weight is 272 g/mol. The van der Waals surface area contributed by atoms with Crippen LogP contribution in [0.2, 0.25) is 0 Å². The number of anilines is 1. The highest BCUT2D eigenvalue weighted by Gasteiger charge is 2.24. The van der Waals surface area contributed by atoms with Gasteiger partial charge >= 0.3 is 0 Å². The number of alkyl halides is 1. The molecule has 1 aromatic rings. The predicted octanol–water partition coefficient (Wildman–Crippen LogP) is 2.47. The molecule has 0 spiro atoms. The van der Waals surface area contributed by atoms with E-state index in [-0.39, 0.29) is 0 Å². The summed E-state index contributed by atoms with van der Waals surface area (Å²) in [6, 6.07) is 0. The molecule has 1 aliphatic heterocycles. The summed E-state index contributed by atoms with van der Waals surface area (Å²) in [6.45, 7) is 6.93. The average Bonchev–Trinajstić information content (AvgIpc) is 2.65. The van der Waals surface area contributed by atoms with Gasteiger partial charge in [-0.25, -0.2) is 0 Å². The molecule has 1 aromatic heterocycles. The van der Waals surface area contributed by atoms with Crippen molar-refractivity contribution in [3.8, 4) is 0 Å². The molecule has 0 aromatic carbocycles. The third kappa shape index (κ3) is 2.64. The van der Waals surface area contributed by atoms with Gasteiger partial charge in [0, 0.05) is 32.3 Å². The van der Waals surface area contributed by atoms with Gasteiger partial charge in [-0.2, -0.15) is 5.10 Å². The number of aromatic nitrogens is 2. The van der Waals surface area contributed by atoms with Crippen LogP contribution in [0.4, 0.5) is 5.82 Å². The van der Waals surface area contributed by atoms with E-state index in [2.05, 4.69) is 16.9 Å². The standard InChI is InChI=1S/C13H22ClN3O/c1-4-18-11-5-7-17(8-6-11)13-12(9-14)10(2)15-16(13)3/h11H,4-9H2,1-3H3. The van der Waals surface area contributed by atoms with Crippen LogP contribution in [-0.2, 0) is 17.7 Å². The molecule has 5 heteroatoms. The first-order valence-electron chi connectivity index (χ1n) is 6.62. The van der Waals surface area contributed by atoms with Gasteiger partial charge in [0.15, 0.2) is 0 Å². The second-order valence-electron chi connectivity index (χ2n) is 4.79. The third-order valence-corrected chi connectivity index (χ3v) is 3.86. The zero-order valence-electron chi connectivity index (χ0n) is 11.4. The molecule has 0 saturated carbocycles. The highest BCUT2D eigenvalue weighted by atomic mass is 35.5. The van der Waals surface area contributed by atoms with Crippen LogP contribution in [0.3, 0.4) is 0 Å². The van der Waals surface area contributed by atoms with E-state index in [0.717, 1.165) is 43.8 Å². The summed E-state index contributed by atoms with van der Waals surface area (Å²) in [7, 11) is 1.99. The first kappa shape index (κ1) is 13.7. The van der Waals surface area contributed by atoms with Gasteiger partial charge in [-0.15, -0.1) is 11.6 Å². The molecule has 0 N–H and O–H groups in total. The molecule has 0 aliphatic carbocycles. The number of nitrogens with zero attached hydrogens (tertiary/aromatic N) is 3. The third-order valence-electron chi connectivity index (χ3n) is 3.59. The van der Waals surface area contributed by atoms with Gasteiger partial charge in [-0.1, -0.05) is 0 Å². The summed E-state index contributed by atoms with van der Waals surface area (Å²) < 4.78 is 7.64. The van der Waals surface area contributed by atoms with E-state index in [1.54, 1.807) is 0 Å². The highest BCUT2D eigenvalue weighted by Crippen LogP contribution is 2.28. The Balaban J connectivity index is 2.09. The van der Waals surface area contributed by atoms with E-state index in [9.17, 15) is 0 Å². The van der Waals surface area contributed by atoms with Crippen molar-refractivity contribution in [2.75, 3.05) is 24.6 Å². The Morgan fingerprint density at radius 2 is 2.06 bits per heavy atom. The number of aryl methyl sites for hydroxylation is 2. The smallest absolute Gasteiger partial charge is 0.131 e. The van der Waals surface area contributed by atoms with Gasteiger partial charge in [-0.3, -0.25) is 4.68 Å². The Morgan fingerprint density at radius 3 is 2.61 bits per heavy atom. The molecule has 1 saturated heterocycles. The second kappa shape index (κ2) is 5.93. The maximum absolute atomic E-state index is 6.04. The first-order valence-corrected chi connectivity index (χ1v) is 7.15. The predicted molar refractivity (Wildman–Crippen MR) is 74.4 cm³/mol. The monoisotopic (exact) mass is 271 g/mol. The second-order valence-corrected chi connectivity index (χ2v) is 5.05. The lowest BCUT2D eigenvalue weighted by Crippen LogP contribution is -2.38. The molecule has 0 amide bonds. The van der Waals surface area contributed by atoms with Crippen LogP contribution >= 0.6 is 11.6 Å². The summed E-state index contributed by atoms with van der Waals surface area (Å²) in [5.41, 5.74) is 2.20. The van der Waals surface area contributed by atoms with E-state index < -0.39 is 0 Å². The minimum Gasteiger partial charge on any atom is -0.378 e. The molecule has 2 rings (SSSR count). The minimum absolute atomic E-state index is 0.417. The Hall–Kier alpha value is -0.740. The Labute approximate surface area is 114 Å². The van der Waals surface area contributed by atoms with E-state index in [1.165, 1.54) is 5.82 Å². The van der Waals surface area contributed by atoms with Crippen LogP contribution in [0, 0.1) is 6.92 Å². The lowest BCUT2D eigenvalue weighted by Gasteiger charge is -2.33. The van der Waals surface area contributed by atoms with E-state index in [4.69, 9.17) is 16.3 Å². The van der Waals surface area contributed by atoms with Gasteiger partial charge in [-0.05, 0) is 26.7 Å². The molecule has 0 unspecified atom stereocenters. The fourth-order valence-corrected chi connectivity index (χ4v) is 3.02. The lowest BCUT2D eigenvalue weighted by molar-refractivity contribution is 0.0457. The highest BCUT2D eigenvalue weighted by molar-refractivity contribution is 6.17. The number of hydrogen-bond acceptors (Lipinski definition) is 3. The van der Waals surface area contributed by atoms with Gasteiger partial charge in [0.05, 0.1) is 17.7 Å². The van der Waals surface area contributed by atoms with E-state index in [1.807, 2.05) is 18.7 Å². The molecule has 0 atom stereocenters. The van der Waals surface area contributed by atoms with Gasteiger partial charge in [0.2, 0.25) is 0 Å². The zero-order valence-corrected chi connectivity index (χ0v) is 12.2. The maximum atomic E-state index is 6.04. The van der Waals surface area contributed by atoms with Crippen molar-refractivity contribution in [2.45, 2.75) is 38.7 Å². The van der Waals surface area contributed by atoms with E-state index in [0.29, 0.717) is 12.0 Å². The van der Waals surface area contributed by atoms with Crippen LogP contribution in [0.25, 0.3) is 0 Å². The van der Waals surface area contributed by atoms with Crippen molar-refractivity contribution in [3.63, 3.8) is 0 Å². The molecule has 1 fully saturated rings. The SMILES string of the molecule is CCOC1CCN(c2c(CCl)c(C)nn2C)CC1. The number of rotatable bonds is 4. The van der Waals surface area contributed by atoms with Crippen LogP contribution in [-0.4, -0.2) is 35.6 Å². The number of ether oxygens (including phenoxy) is 1. The normalized spacial score (nSPS) is 17.4. The zero-order chi connectivity index (χ0) is 13.1. The number of halogens is 1. The van der Waals surface area contributed by atoms with Crippen LogP contribution in [0.15, 0.2) is 0 Å². The summed E-state index contributed by atoms with van der Waals surface area (Å²) in [5.74, 6) is 1.71. The summed E-state index contributed by atoms with van der Waals surface area (Å²) in [6.07, 6.45) is 2.58. The van der Waals surface area contributed by atoms with Crippen molar-refractivity contribution in [3.05, 3.63) is 11.3 Å². The molecule has 0 bridgehead atoms. The van der Waals surface area contributed by atoms with Crippen molar-refractivity contribution in [1.29, 1.82) is 0 Å². The Morgan fingerprint density at radius 1 is 1.39 bits per heavy atom. The summed E-state index contributed by atoms with van der Waals surface area (Å²) in [5, 5.41) is 4.47. The first-order chi connectivity index (χ1) is 8.67. The molecular formula is C13H22ClN3O. The van der Waals surface area contributed by atoms with Crippen LogP contribution < -0.4 is 4.90 Å². The Kier molecular flexibility index (Phi) is 4.51. The summed E-state index contributed by atoms with van der Waals surface area (Å²) >= 11 is 6.04. The van der Waals surface area contributed by atoms with E-state index >= 15 is 0 Å². The minimum atomic E-state index is 0.417.